The number of fused-ring (bicyclic) bond motifs is 1. The van der Waals surface area contributed by atoms with E-state index in [0.29, 0.717) is 19.6 Å². The summed E-state index contributed by atoms with van der Waals surface area (Å²) in [5, 5.41) is 2.44. The summed E-state index contributed by atoms with van der Waals surface area (Å²) in [5.41, 5.74) is 2.00. The minimum Gasteiger partial charge on any atom is -0.343 e. The topological polar surface area (TPSA) is 67.2 Å². The summed E-state index contributed by atoms with van der Waals surface area (Å²) in [6.07, 6.45) is 0. The lowest BCUT2D eigenvalue weighted by molar-refractivity contribution is -0.131. The third kappa shape index (κ3) is 3.38. The summed E-state index contributed by atoms with van der Waals surface area (Å²) in [7, 11) is 0. The van der Waals surface area contributed by atoms with Gasteiger partial charge in [0, 0.05) is 24.3 Å². The van der Waals surface area contributed by atoms with Crippen molar-refractivity contribution in [3.8, 4) is 0 Å². The number of imidazole rings is 1. The third-order valence-corrected chi connectivity index (χ3v) is 4.40. The van der Waals surface area contributed by atoms with E-state index in [1.165, 1.54) is 6.07 Å². The molecule has 6 nitrogen and oxygen atoms in total. The van der Waals surface area contributed by atoms with Crippen LogP contribution in [-0.2, 0) is 17.9 Å². The lowest BCUT2D eigenvalue weighted by Gasteiger charge is -2.28. The van der Waals surface area contributed by atoms with Gasteiger partial charge >= 0.3 is 0 Å². The summed E-state index contributed by atoms with van der Waals surface area (Å²) in [4.78, 5) is 30.3. The van der Waals surface area contributed by atoms with Crippen molar-refractivity contribution in [2.24, 2.45) is 0 Å². The van der Waals surface area contributed by atoms with Gasteiger partial charge in [0.05, 0.1) is 18.8 Å². The molecule has 0 unspecified atom stereocenters. The molecule has 0 radical (unpaired) electrons. The Labute approximate surface area is 143 Å². The van der Waals surface area contributed by atoms with Gasteiger partial charge in [0.2, 0.25) is 5.91 Å². The Morgan fingerprint density at radius 1 is 1.20 bits per heavy atom. The number of carbonyl (C=O) groups is 2. The second-order valence-electron chi connectivity index (χ2n) is 5.98. The normalized spacial score (nSPS) is 13.5. The zero-order valence-electron chi connectivity index (χ0n) is 14.0. The second kappa shape index (κ2) is 6.62. The number of halogens is 2. The van der Waals surface area contributed by atoms with Crippen LogP contribution in [0.2, 0.25) is 0 Å². The first-order valence-electron chi connectivity index (χ1n) is 7.90. The van der Waals surface area contributed by atoms with Crippen molar-refractivity contribution in [2.75, 3.05) is 13.1 Å². The van der Waals surface area contributed by atoms with E-state index < -0.39 is 17.5 Å². The number of nitrogens with zero attached hydrogens (tertiary/aromatic N) is 3. The van der Waals surface area contributed by atoms with Gasteiger partial charge in [0.15, 0.2) is 11.6 Å². The van der Waals surface area contributed by atoms with Gasteiger partial charge in [-0.15, -0.1) is 0 Å². The minimum atomic E-state index is -1.10. The van der Waals surface area contributed by atoms with E-state index in [9.17, 15) is 18.4 Å². The first-order valence-corrected chi connectivity index (χ1v) is 7.90. The highest BCUT2D eigenvalue weighted by Gasteiger charge is 2.24. The second-order valence-corrected chi connectivity index (χ2v) is 5.98. The van der Waals surface area contributed by atoms with Crippen LogP contribution in [0.3, 0.4) is 0 Å². The van der Waals surface area contributed by atoms with Crippen molar-refractivity contribution in [1.29, 1.82) is 0 Å². The monoisotopic (exact) mass is 348 g/mol. The fourth-order valence-electron chi connectivity index (χ4n) is 2.83. The highest BCUT2D eigenvalue weighted by atomic mass is 19.2. The van der Waals surface area contributed by atoms with Crippen LogP contribution in [-0.4, -0.2) is 39.4 Å². The van der Waals surface area contributed by atoms with E-state index in [0.717, 1.165) is 29.3 Å². The molecule has 1 aromatic carbocycles. The van der Waals surface area contributed by atoms with Gasteiger partial charge in [0.25, 0.3) is 5.91 Å². The minimum absolute atomic E-state index is 0.0351. The van der Waals surface area contributed by atoms with Gasteiger partial charge in [-0.1, -0.05) is 0 Å². The van der Waals surface area contributed by atoms with E-state index in [1.54, 1.807) is 4.90 Å². The molecule has 0 fully saturated rings. The van der Waals surface area contributed by atoms with Gasteiger partial charge in [-0.2, -0.15) is 0 Å². The Hall–Kier alpha value is -2.77. The molecule has 0 atom stereocenters. The molecule has 1 N–H and O–H groups in total. The van der Waals surface area contributed by atoms with Crippen LogP contribution in [0.25, 0.3) is 0 Å². The number of nitrogens with one attached hydrogen (secondary N) is 1. The molecular formula is C17H18F2N4O2. The van der Waals surface area contributed by atoms with Gasteiger partial charge in [-0.25, -0.2) is 13.8 Å². The Balaban J connectivity index is 1.59. The van der Waals surface area contributed by atoms with Crippen molar-refractivity contribution < 1.29 is 18.4 Å². The fourth-order valence-corrected chi connectivity index (χ4v) is 2.83. The highest BCUT2D eigenvalue weighted by molar-refractivity contribution is 5.96. The predicted molar refractivity (Wildman–Crippen MR) is 85.8 cm³/mol. The van der Waals surface area contributed by atoms with E-state index in [1.807, 2.05) is 13.8 Å². The fraction of sp³-hybridized carbons (Fsp3) is 0.353. The molecule has 1 aliphatic rings. The Morgan fingerprint density at radius 3 is 2.68 bits per heavy atom. The molecule has 25 heavy (non-hydrogen) atoms. The molecule has 0 spiro atoms. The predicted octanol–water partition coefficient (Wildman–Crippen LogP) is 1.55. The SMILES string of the molecule is Cc1nc2n(c1C)CCN(C(=O)CNC(=O)c1ccc(F)c(F)c1)C2. The quantitative estimate of drug-likeness (QED) is 0.915. The maximum atomic E-state index is 13.2. The van der Waals surface area contributed by atoms with Gasteiger partial charge in [-0.3, -0.25) is 9.59 Å². The average molecular weight is 348 g/mol. The van der Waals surface area contributed by atoms with Crippen LogP contribution in [0.4, 0.5) is 8.78 Å². The molecule has 132 valence electrons. The standard InChI is InChI=1S/C17H18F2N4O2/c1-10-11(2)23-6-5-22(9-15(23)21-10)16(24)8-20-17(25)12-3-4-13(18)14(19)7-12/h3-4,7H,5-6,8-9H2,1-2H3,(H,20,25). The molecule has 1 aliphatic heterocycles. The number of hydrogen-bond donors (Lipinski definition) is 1. The Bertz CT molecular complexity index is 847. The zero-order chi connectivity index (χ0) is 18.1. The zero-order valence-corrected chi connectivity index (χ0v) is 14.0. The maximum absolute atomic E-state index is 13.2. The number of aromatic nitrogens is 2. The molecule has 0 saturated carbocycles. The largest absolute Gasteiger partial charge is 0.343 e. The number of amides is 2. The molecule has 0 aliphatic carbocycles. The smallest absolute Gasteiger partial charge is 0.251 e. The lowest BCUT2D eigenvalue weighted by atomic mass is 10.2. The first-order chi connectivity index (χ1) is 11.9. The first kappa shape index (κ1) is 17.1. The summed E-state index contributed by atoms with van der Waals surface area (Å²) >= 11 is 0. The van der Waals surface area contributed by atoms with Crippen molar-refractivity contribution in [2.45, 2.75) is 26.9 Å². The van der Waals surface area contributed by atoms with E-state index in [2.05, 4.69) is 14.9 Å². The third-order valence-electron chi connectivity index (χ3n) is 4.40. The average Bonchev–Trinajstić information content (AvgIpc) is 2.88. The van der Waals surface area contributed by atoms with Crippen LogP contribution in [0.15, 0.2) is 18.2 Å². The number of benzene rings is 1. The Kier molecular flexibility index (Phi) is 4.52. The van der Waals surface area contributed by atoms with Crippen LogP contribution in [0.5, 0.6) is 0 Å². The summed E-state index contributed by atoms with van der Waals surface area (Å²) in [5.74, 6) is -2.19. The number of rotatable bonds is 3. The number of carbonyl (C=O) groups excluding carboxylic acids is 2. The molecule has 3 rings (SSSR count). The molecule has 1 aromatic heterocycles. The van der Waals surface area contributed by atoms with Crippen molar-refractivity contribution in [3.63, 3.8) is 0 Å². The Morgan fingerprint density at radius 2 is 1.96 bits per heavy atom. The van der Waals surface area contributed by atoms with Crippen molar-refractivity contribution >= 4 is 11.8 Å². The van der Waals surface area contributed by atoms with E-state index >= 15 is 0 Å². The molecule has 2 heterocycles. The van der Waals surface area contributed by atoms with Crippen molar-refractivity contribution in [1.82, 2.24) is 19.8 Å². The summed E-state index contributed by atoms with van der Waals surface area (Å²) in [6, 6.07) is 2.85. The molecular weight excluding hydrogens is 330 g/mol. The lowest BCUT2D eigenvalue weighted by Crippen LogP contribution is -2.44. The van der Waals surface area contributed by atoms with Gasteiger partial charge in [0.1, 0.15) is 5.82 Å². The van der Waals surface area contributed by atoms with Crippen molar-refractivity contribution in [3.05, 3.63) is 52.6 Å². The van der Waals surface area contributed by atoms with Crippen LogP contribution < -0.4 is 5.32 Å². The van der Waals surface area contributed by atoms with E-state index in [4.69, 9.17) is 0 Å². The molecule has 2 amide bonds. The molecule has 0 bridgehead atoms. The van der Waals surface area contributed by atoms with Gasteiger partial charge in [-0.05, 0) is 32.0 Å². The molecule has 8 heteroatoms. The van der Waals surface area contributed by atoms with E-state index in [-0.39, 0.29) is 18.0 Å². The number of aryl methyl sites for hydroxylation is 1. The summed E-state index contributed by atoms with van der Waals surface area (Å²) < 4.78 is 28.1. The van der Waals surface area contributed by atoms with Crippen LogP contribution >= 0.6 is 0 Å². The maximum Gasteiger partial charge on any atom is 0.251 e. The summed E-state index contributed by atoms with van der Waals surface area (Å²) in [6.45, 7) is 5.28. The molecule has 0 saturated heterocycles. The number of hydrogen-bond acceptors (Lipinski definition) is 3. The van der Waals surface area contributed by atoms with Crippen LogP contribution in [0, 0.1) is 25.5 Å². The van der Waals surface area contributed by atoms with Gasteiger partial charge < -0.3 is 14.8 Å². The van der Waals surface area contributed by atoms with Crippen LogP contribution in [0.1, 0.15) is 27.6 Å². The molecule has 2 aromatic rings. The highest BCUT2D eigenvalue weighted by Crippen LogP contribution is 2.17.